The van der Waals surface area contributed by atoms with Crippen molar-refractivity contribution in [2.45, 2.75) is 19.4 Å². The van der Waals surface area contributed by atoms with Gasteiger partial charge in [0.15, 0.2) is 5.60 Å². The van der Waals surface area contributed by atoms with E-state index in [1.807, 2.05) is 72.8 Å². The molecule has 0 radical (unpaired) electrons. The summed E-state index contributed by atoms with van der Waals surface area (Å²) in [6, 6.07) is 25.4. The smallest absolute Gasteiger partial charge is 0.347 e. The van der Waals surface area contributed by atoms with Gasteiger partial charge in [0.1, 0.15) is 11.6 Å². The van der Waals surface area contributed by atoms with Crippen LogP contribution in [-0.4, -0.2) is 26.2 Å². The van der Waals surface area contributed by atoms with Crippen LogP contribution in [0.4, 0.5) is 0 Å². The Balaban J connectivity index is 1.92. The molecule has 0 saturated heterocycles. The maximum atomic E-state index is 11.4. The van der Waals surface area contributed by atoms with Crippen molar-refractivity contribution in [1.82, 2.24) is 9.55 Å². The highest BCUT2D eigenvalue weighted by Gasteiger charge is 2.29. The Labute approximate surface area is 162 Å². The number of benzene rings is 3. The SMILES string of the molecule is CC(C)(Oc1ccc2nc(-c3ccccc3)n(-c3ccccc3)c2c1)C(=O)O. The number of rotatable bonds is 5. The molecule has 28 heavy (non-hydrogen) atoms. The number of carboxylic acid groups (broad SMARTS) is 1. The zero-order chi connectivity index (χ0) is 19.7. The zero-order valence-electron chi connectivity index (χ0n) is 15.7. The van der Waals surface area contributed by atoms with Crippen LogP contribution < -0.4 is 4.74 Å². The molecule has 1 aromatic heterocycles. The Bertz CT molecular complexity index is 1130. The van der Waals surface area contributed by atoms with Crippen LogP contribution in [0.25, 0.3) is 28.1 Å². The van der Waals surface area contributed by atoms with Crippen LogP contribution >= 0.6 is 0 Å². The monoisotopic (exact) mass is 372 g/mol. The average molecular weight is 372 g/mol. The fourth-order valence-corrected chi connectivity index (χ4v) is 3.08. The van der Waals surface area contributed by atoms with Crippen molar-refractivity contribution in [3.63, 3.8) is 0 Å². The summed E-state index contributed by atoms with van der Waals surface area (Å²) in [5, 5.41) is 9.36. The summed E-state index contributed by atoms with van der Waals surface area (Å²) < 4.78 is 7.80. The molecule has 5 nitrogen and oxygen atoms in total. The molecule has 3 aromatic carbocycles. The van der Waals surface area contributed by atoms with E-state index in [4.69, 9.17) is 9.72 Å². The quantitative estimate of drug-likeness (QED) is 0.539. The first-order valence-corrected chi connectivity index (χ1v) is 9.01. The van der Waals surface area contributed by atoms with Crippen molar-refractivity contribution in [2.75, 3.05) is 0 Å². The Hall–Kier alpha value is -3.60. The number of nitrogens with zero attached hydrogens (tertiary/aromatic N) is 2. The molecule has 4 aromatic rings. The first-order valence-electron chi connectivity index (χ1n) is 9.01. The molecule has 1 N–H and O–H groups in total. The highest BCUT2D eigenvalue weighted by molar-refractivity contribution is 5.85. The van der Waals surface area contributed by atoms with Crippen LogP contribution in [0.3, 0.4) is 0 Å². The number of aliphatic carboxylic acids is 1. The van der Waals surface area contributed by atoms with E-state index in [1.54, 1.807) is 6.07 Å². The van der Waals surface area contributed by atoms with E-state index in [0.29, 0.717) is 5.75 Å². The summed E-state index contributed by atoms with van der Waals surface area (Å²) in [5.74, 6) is 0.280. The van der Waals surface area contributed by atoms with Gasteiger partial charge in [0.05, 0.1) is 11.0 Å². The second-order valence-corrected chi connectivity index (χ2v) is 7.04. The molecule has 0 atom stereocenters. The second-order valence-electron chi connectivity index (χ2n) is 7.04. The Morgan fingerprint density at radius 3 is 2.25 bits per heavy atom. The highest BCUT2D eigenvalue weighted by Crippen LogP contribution is 2.31. The van der Waals surface area contributed by atoms with Crippen LogP contribution in [0, 0.1) is 0 Å². The van der Waals surface area contributed by atoms with Crippen LogP contribution in [0.2, 0.25) is 0 Å². The van der Waals surface area contributed by atoms with Gasteiger partial charge in [-0.3, -0.25) is 4.57 Å². The predicted molar refractivity (Wildman–Crippen MR) is 109 cm³/mol. The molecule has 140 valence electrons. The summed E-state index contributed by atoms with van der Waals surface area (Å²) in [6.07, 6.45) is 0. The molecule has 0 saturated carbocycles. The molecule has 0 aliphatic heterocycles. The Kier molecular flexibility index (Phi) is 4.35. The number of aromatic nitrogens is 2. The third-order valence-electron chi connectivity index (χ3n) is 4.56. The van der Waals surface area contributed by atoms with Gasteiger partial charge in [0.2, 0.25) is 0 Å². The standard InChI is InChI=1S/C23H20N2O3/c1-23(2,22(26)27)28-18-13-14-19-20(15-18)25(17-11-7-4-8-12-17)21(24-19)16-9-5-3-6-10-16/h3-15H,1-2H3,(H,26,27). The van der Waals surface area contributed by atoms with Gasteiger partial charge >= 0.3 is 5.97 Å². The molecule has 0 unspecified atom stereocenters. The zero-order valence-corrected chi connectivity index (χ0v) is 15.7. The number of carbonyl (C=O) groups is 1. The van der Waals surface area contributed by atoms with Crippen molar-refractivity contribution in [3.05, 3.63) is 78.9 Å². The van der Waals surface area contributed by atoms with Crippen molar-refractivity contribution >= 4 is 17.0 Å². The molecule has 0 fully saturated rings. The lowest BCUT2D eigenvalue weighted by Crippen LogP contribution is -2.37. The minimum absolute atomic E-state index is 0.483. The maximum Gasteiger partial charge on any atom is 0.347 e. The third-order valence-corrected chi connectivity index (χ3v) is 4.56. The lowest BCUT2D eigenvalue weighted by Gasteiger charge is -2.21. The van der Waals surface area contributed by atoms with Gasteiger partial charge in [-0.2, -0.15) is 0 Å². The minimum atomic E-state index is -1.33. The summed E-state index contributed by atoms with van der Waals surface area (Å²) in [6.45, 7) is 3.06. The summed E-state index contributed by atoms with van der Waals surface area (Å²) in [5.41, 5.74) is 2.30. The molecule has 4 rings (SSSR count). The minimum Gasteiger partial charge on any atom is -0.478 e. The second kappa shape index (κ2) is 6.85. The van der Waals surface area contributed by atoms with Crippen LogP contribution in [0.5, 0.6) is 5.75 Å². The van der Waals surface area contributed by atoms with Gasteiger partial charge in [0, 0.05) is 17.3 Å². The van der Waals surface area contributed by atoms with Crippen molar-refractivity contribution < 1.29 is 14.6 Å². The number of imidazole rings is 1. The molecule has 1 heterocycles. The molecule has 0 aliphatic rings. The van der Waals surface area contributed by atoms with Gasteiger partial charge in [-0.25, -0.2) is 9.78 Å². The summed E-state index contributed by atoms with van der Waals surface area (Å²) >= 11 is 0. The molecule has 5 heteroatoms. The fraction of sp³-hybridized carbons (Fsp3) is 0.130. The van der Waals surface area contributed by atoms with Gasteiger partial charge in [0.25, 0.3) is 0 Å². The number of hydrogen-bond acceptors (Lipinski definition) is 3. The van der Waals surface area contributed by atoms with Gasteiger partial charge in [-0.1, -0.05) is 48.5 Å². The van der Waals surface area contributed by atoms with Crippen molar-refractivity contribution in [2.24, 2.45) is 0 Å². The molecule has 0 amide bonds. The summed E-state index contributed by atoms with van der Waals surface area (Å²) in [7, 11) is 0. The number of ether oxygens (including phenoxy) is 1. The van der Waals surface area contributed by atoms with Gasteiger partial charge in [-0.15, -0.1) is 0 Å². The molecule has 0 aliphatic carbocycles. The predicted octanol–water partition coefficient (Wildman–Crippen LogP) is 4.93. The highest BCUT2D eigenvalue weighted by atomic mass is 16.5. The first-order chi connectivity index (χ1) is 13.5. The van der Waals surface area contributed by atoms with Gasteiger partial charge < -0.3 is 9.84 Å². The molecular formula is C23H20N2O3. The number of para-hydroxylation sites is 1. The average Bonchev–Trinajstić information content (AvgIpc) is 3.07. The van der Waals surface area contributed by atoms with E-state index >= 15 is 0 Å². The van der Waals surface area contributed by atoms with E-state index in [2.05, 4.69) is 4.57 Å². The first kappa shape index (κ1) is 17.8. The van der Waals surface area contributed by atoms with E-state index in [9.17, 15) is 9.90 Å². The lowest BCUT2D eigenvalue weighted by atomic mass is 10.1. The third kappa shape index (κ3) is 3.22. The largest absolute Gasteiger partial charge is 0.478 e. The van der Waals surface area contributed by atoms with E-state index in [0.717, 1.165) is 28.1 Å². The van der Waals surface area contributed by atoms with E-state index in [1.165, 1.54) is 13.8 Å². The number of fused-ring (bicyclic) bond motifs is 1. The normalized spacial score (nSPS) is 11.5. The van der Waals surface area contributed by atoms with Gasteiger partial charge in [-0.05, 0) is 38.1 Å². The van der Waals surface area contributed by atoms with Crippen molar-refractivity contribution in [3.8, 4) is 22.8 Å². The lowest BCUT2D eigenvalue weighted by molar-refractivity contribution is -0.152. The summed E-state index contributed by atoms with van der Waals surface area (Å²) in [4.78, 5) is 16.2. The number of carboxylic acids is 1. The maximum absolute atomic E-state index is 11.4. The topological polar surface area (TPSA) is 64.4 Å². The van der Waals surface area contributed by atoms with E-state index in [-0.39, 0.29) is 0 Å². The van der Waals surface area contributed by atoms with Crippen LogP contribution in [0.15, 0.2) is 78.9 Å². The molecule has 0 bridgehead atoms. The number of hydrogen-bond donors (Lipinski definition) is 1. The fourth-order valence-electron chi connectivity index (χ4n) is 3.08. The molecule has 0 spiro atoms. The Morgan fingerprint density at radius 2 is 1.61 bits per heavy atom. The van der Waals surface area contributed by atoms with Crippen LogP contribution in [0.1, 0.15) is 13.8 Å². The Morgan fingerprint density at radius 1 is 0.964 bits per heavy atom. The van der Waals surface area contributed by atoms with E-state index < -0.39 is 11.6 Å². The van der Waals surface area contributed by atoms with Crippen LogP contribution in [-0.2, 0) is 4.79 Å². The molecular weight excluding hydrogens is 352 g/mol. The van der Waals surface area contributed by atoms with Crippen molar-refractivity contribution in [1.29, 1.82) is 0 Å².